The van der Waals surface area contributed by atoms with E-state index in [0.717, 1.165) is 4.90 Å². The predicted octanol–water partition coefficient (Wildman–Crippen LogP) is 3.45. The Hall–Kier alpha value is -4.46. The lowest BCUT2D eigenvalue weighted by atomic mass is 10.1. The van der Waals surface area contributed by atoms with Crippen LogP contribution >= 0.6 is 0 Å². The molecule has 34 heavy (non-hydrogen) atoms. The Morgan fingerprint density at radius 1 is 0.824 bits per heavy atom. The molecule has 3 aromatic rings. The second-order valence-corrected chi connectivity index (χ2v) is 8.02. The Morgan fingerprint density at radius 2 is 1.44 bits per heavy atom. The molecule has 3 amide bonds. The number of fused-ring (bicyclic) bond motifs is 1. The molecule has 0 radical (unpaired) electrons. The van der Waals surface area contributed by atoms with Gasteiger partial charge in [-0.1, -0.05) is 24.3 Å². The highest BCUT2D eigenvalue weighted by Crippen LogP contribution is 2.32. The highest BCUT2D eigenvalue weighted by atomic mass is 16.5. The Balaban J connectivity index is 1.31. The van der Waals surface area contributed by atoms with Crippen molar-refractivity contribution in [2.45, 2.75) is 6.42 Å². The number of hydrogen-bond acceptors (Lipinski definition) is 6. The standard InChI is InChI=1S/C26H20N2O6/c1-33-19-8-4-6-17(13-19)27-15-16(12-23(27)29)26(32)34-20-9-5-7-18(14-20)28-24(30)21-10-2-3-11-22(21)25(28)31/h2-11,13-14,16H,12,15H2,1H3/t16-/m1/s1. The number of anilines is 2. The van der Waals surface area contributed by atoms with E-state index in [1.165, 1.54) is 11.0 Å². The molecule has 1 fully saturated rings. The van der Waals surface area contributed by atoms with Gasteiger partial charge in [-0.2, -0.15) is 0 Å². The summed E-state index contributed by atoms with van der Waals surface area (Å²) in [5.74, 6) is -1.46. The summed E-state index contributed by atoms with van der Waals surface area (Å²) >= 11 is 0. The van der Waals surface area contributed by atoms with Gasteiger partial charge in [0.1, 0.15) is 11.5 Å². The molecule has 0 N–H and O–H groups in total. The smallest absolute Gasteiger partial charge is 0.316 e. The molecule has 2 aliphatic rings. The van der Waals surface area contributed by atoms with Crippen LogP contribution in [0.25, 0.3) is 0 Å². The highest BCUT2D eigenvalue weighted by Gasteiger charge is 2.38. The average molecular weight is 456 g/mol. The van der Waals surface area contributed by atoms with Crippen molar-refractivity contribution in [1.82, 2.24) is 0 Å². The first-order valence-electron chi connectivity index (χ1n) is 10.7. The molecule has 0 unspecified atom stereocenters. The topological polar surface area (TPSA) is 93.2 Å². The fourth-order valence-electron chi connectivity index (χ4n) is 4.20. The zero-order valence-corrected chi connectivity index (χ0v) is 18.3. The number of ether oxygens (including phenoxy) is 2. The summed E-state index contributed by atoms with van der Waals surface area (Å²) in [6.07, 6.45) is 0.0220. The Kier molecular flexibility index (Phi) is 5.33. The first kappa shape index (κ1) is 21.4. The molecule has 0 aromatic heterocycles. The van der Waals surface area contributed by atoms with E-state index in [0.29, 0.717) is 28.3 Å². The number of rotatable bonds is 5. The van der Waals surface area contributed by atoms with Gasteiger partial charge in [0.25, 0.3) is 11.8 Å². The molecule has 2 aliphatic heterocycles. The first-order valence-corrected chi connectivity index (χ1v) is 10.7. The minimum Gasteiger partial charge on any atom is -0.497 e. The summed E-state index contributed by atoms with van der Waals surface area (Å²) in [5, 5.41) is 0. The fourth-order valence-corrected chi connectivity index (χ4v) is 4.20. The van der Waals surface area contributed by atoms with Crippen molar-refractivity contribution in [3.05, 3.63) is 83.9 Å². The van der Waals surface area contributed by atoms with E-state index in [1.54, 1.807) is 73.8 Å². The number of benzene rings is 3. The summed E-state index contributed by atoms with van der Waals surface area (Å²) in [5.41, 5.74) is 1.61. The molecule has 170 valence electrons. The third-order valence-electron chi connectivity index (χ3n) is 5.91. The summed E-state index contributed by atoms with van der Waals surface area (Å²) in [7, 11) is 1.54. The minimum absolute atomic E-state index is 0.0220. The van der Waals surface area contributed by atoms with Gasteiger partial charge in [0, 0.05) is 30.8 Å². The highest BCUT2D eigenvalue weighted by molar-refractivity contribution is 6.34. The van der Waals surface area contributed by atoms with Crippen LogP contribution in [-0.2, 0) is 9.59 Å². The molecule has 0 aliphatic carbocycles. The van der Waals surface area contributed by atoms with Crippen LogP contribution in [0.2, 0.25) is 0 Å². The normalized spacial score (nSPS) is 17.2. The lowest BCUT2D eigenvalue weighted by molar-refractivity contribution is -0.139. The molecule has 2 heterocycles. The van der Waals surface area contributed by atoms with Crippen LogP contribution in [0.1, 0.15) is 27.1 Å². The lowest BCUT2D eigenvalue weighted by Gasteiger charge is -2.17. The zero-order chi connectivity index (χ0) is 23.8. The van der Waals surface area contributed by atoms with Gasteiger partial charge < -0.3 is 14.4 Å². The fraction of sp³-hybridized carbons (Fsp3) is 0.154. The summed E-state index contributed by atoms with van der Waals surface area (Å²) in [6.45, 7) is 0.183. The van der Waals surface area contributed by atoms with E-state index in [1.807, 2.05) is 0 Å². The van der Waals surface area contributed by atoms with Gasteiger partial charge in [-0.15, -0.1) is 0 Å². The van der Waals surface area contributed by atoms with Crippen LogP contribution in [0.4, 0.5) is 11.4 Å². The number of carbonyl (C=O) groups excluding carboxylic acids is 4. The van der Waals surface area contributed by atoms with Crippen molar-refractivity contribution in [3.8, 4) is 11.5 Å². The van der Waals surface area contributed by atoms with E-state index >= 15 is 0 Å². The van der Waals surface area contributed by atoms with Crippen LogP contribution in [0.3, 0.4) is 0 Å². The van der Waals surface area contributed by atoms with Crippen molar-refractivity contribution in [2.24, 2.45) is 5.92 Å². The minimum atomic E-state index is -0.651. The van der Waals surface area contributed by atoms with Gasteiger partial charge in [-0.3, -0.25) is 19.2 Å². The molecule has 1 atom stereocenters. The van der Waals surface area contributed by atoms with Crippen molar-refractivity contribution < 1.29 is 28.7 Å². The predicted molar refractivity (Wildman–Crippen MR) is 123 cm³/mol. The maximum atomic E-state index is 12.8. The van der Waals surface area contributed by atoms with Crippen LogP contribution in [0, 0.1) is 5.92 Å². The van der Waals surface area contributed by atoms with Gasteiger partial charge in [0.2, 0.25) is 5.91 Å². The SMILES string of the molecule is COc1cccc(N2C[C@H](C(=O)Oc3cccc(N4C(=O)c5ccccc5C4=O)c3)CC2=O)c1. The first-order chi connectivity index (χ1) is 16.5. The van der Waals surface area contributed by atoms with Crippen LogP contribution in [0.15, 0.2) is 72.8 Å². The number of carbonyl (C=O) groups is 4. The van der Waals surface area contributed by atoms with Gasteiger partial charge in [0.15, 0.2) is 0 Å². The van der Waals surface area contributed by atoms with Crippen LogP contribution in [0.5, 0.6) is 11.5 Å². The molecular formula is C26H20N2O6. The van der Waals surface area contributed by atoms with E-state index in [4.69, 9.17) is 9.47 Å². The molecular weight excluding hydrogens is 436 g/mol. The van der Waals surface area contributed by atoms with Crippen LogP contribution in [-0.4, -0.2) is 37.3 Å². The number of hydrogen-bond donors (Lipinski definition) is 0. The second-order valence-electron chi connectivity index (χ2n) is 8.02. The van der Waals surface area contributed by atoms with Crippen molar-refractivity contribution in [3.63, 3.8) is 0 Å². The average Bonchev–Trinajstić information content (AvgIpc) is 3.37. The number of esters is 1. The third kappa shape index (κ3) is 3.69. The number of amides is 3. The molecule has 5 rings (SSSR count). The summed E-state index contributed by atoms with van der Waals surface area (Å²) in [4.78, 5) is 53.5. The van der Waals surface area contributed by atoms with Gasteiger partial charge >= 0.3 is 5.97 Å². The molecule has 8 heteroatoms. The summed E-state index contributed by atoms with van der Waals surface area (Å²) in [6, 6.07) is 19.9. The molecule has 0 bridgehead atoms. The van der Waals surface area contributed by atoms with Crippen molar-refractivity contribution in [1.29, 1.82) is 0 Å². The second kappa shape index (κ2) is 8.47. The molecule has 0 saturated carbocycles. The van der Waals surface area contributed by atoms with E-state index in [-0.39, 0.29) is 24.6 Å². The number of imide groups is 1. The van der Waals surface area contributed by atoms with E-state index in [9.17, 15) is 19.2 Å². The third-order valence-corrected chi connectivity index (χ3v) is 5.91. The van der Waals surface area contributed by atoms with Crippen LogP contribution < -0.4 is 19.3 Å². The maximum Gasteiger partial charge on any atom is 0.316 e. The van der Waals surface area contributed by atoms with Crippen molar-refractivity contribution >= 4 is 35.1 Å². The van der Waals surface area contributed by atoms with E-state index in [2.05, 4.69) is 0 Å². The molecule has 0 spiro atoms. The number of nitrogens with zero attached hydrogens (tertiary/aromatic N) is 2. The largest absolute Gasteiger partial charge is 0.497 e. The quantitative estimate of drug-likeness (QED) is 0.332. The Morgan fingerprint density at radius 3 is 2.12 bits per heavy atom. The van der Waals surface area contributed by atoms with E-state index < -0.39 is 23.7 Å². The molecule has 1 saturated heterocycles. The Bertz CT molecular complexity index is 1300. The van der Waals surface area contributed by atoms with Gasteiger partial charge in [0.05, 0.1) is 29.8 Å². The van der Waals surface area contributed by atoms with Gasteiger partial charge in [-0.25, -0.2) is 4.90 Å². The van der Waals surface area contributed by atoms with Gasteiger partial charge in [-0.05, 0) is 36.4 Å². The lowest BCUT2D eigenvalue weighted by Crippen LogP contribution is -2.29. The Labute approximate surface area is 195 Å². The zero-order valence-electron chi connectivity index (χ0n) is 18.3. The molecule has 3 aromatic carbocycles. The molecule has 8 nitrogen and oxygen atoms in total. The summed E-state index contributed by atoms with van der Waals surface area (Å²) < 4.78 is 10.7. The van der Waals surface area contributed by atoms with Crippen molar-refractivity contribution in [2.75, 3.05) is 23.5 Å². The monoisotopic (exact) mass is 456 g/mol. The maximum absolute atomic E-state index is 12.8. The number of methoxy groups -OCH3 is 1.